The monoisotopic (exact) mass is 171 g/mol. The molecule has 3 N–H and O–H groups in total. The number of H-pyrrole nitrogens is 1. The van der Waals surface area contributed by atoms with Crippen LogP contribution in [-0.4, -0.2) is 16.5 Å². The van der Waals surface area contributed by atoms with Crippen molar-refractivity contribution in [2.75, 3.05) is 6.54 Å². The summed E-state index contributed by atoms with van der Waals surface area (Å²) in [5.74, 6) is 0.405. The van der Waals surface area contributed by atoms with E-state index in [1.165, 1.54) is 6.92 Å². The molecule has 1 heterocycles. The van der Waals surface area contributed by atoms with Crippen LogP contribution in [0.2, 0.25) is 0 Å². The predicted octanol–water partition coefficient (Wildman–Crippen LogP) is 1.33. The highest BCUT2D eigenvalue weighted by molar-refractivity contribution is 5.02. The van der Waals surface area contributed by atoms with Crippen LogP contribution in [0.3, 0.4) is 0 Å². The van der Waals surface area contributed by atoms with Gasteiger partial charge in [0.05, 0.1) is 0 Å². The molecule has 0 aromatic carbocycles. The molecule has 1 rings (SSSR count). The van der Waals surface area contributed by atoms with Crippen LogP contribution in [0.1, 0.15) is 31.0 Å². The van der Waals surface area contributed by atoms with E-state index in [9.17, 15) is 4.39 Å². The maximum Gasteiger partial charge on any atom is 0.155 e. The van der Waals surface area contributed by atoms with E-state index >= 15 is 0 Å². The van der Waals surface area contributed by atoms with Crippen LogP contribution >= 0.6 is 0 Å². The van der Waals surface area contributed by atoms with Gasteiger partial charge in [-0.05, 0) is 26.3 Å². The molecule has 12 heavy (non-hydrogen) atoms. The fourth-order valence-corrected chi connectivity index (χ4v) is 0.998. The molecule has 4 heteroatoms. The summed E-state index contributed by atoms with van der Waals surface area (Å²) >= 11 is 0. The quantitative estimate of drug-likeness (QED) is 0.718. The van der Waals surface area contributed by atoms with Crippen LogP contribution in [0.15, 0.2) is 6.20 Å². The van der Waals surface area contributed by atoms with E-state index in [1.807, 2.05) is 0 Å². The fourth-order valence-electron chi connectivity index (χ4n) is 0.998. The summed E-state index contributed by atoms with van der Waals surface area (Å²) in [4.78, 5) is 6.80. The lowest BCUT2D eigenvalue weighted by molar-refractivity contribution is 0.358. The van der Waals surface area contributed by atoms with E-state index in [4.69, 9.17) is 5.73 Å². The zero-order valence-electron chi connectivity index (χ0n) is 7.18. The molecule has 1 aromatic rings. The Balaban J connectivity index is 2.52. The number of hydrogen-bond donors (Lipinski definition) is 2. The van der Waals surface area contributed by atoms with Gasteiger partial charge in [0.1, 0.15) is 5.82 Å². The highest BCUT2D eigenvalue weighted by Gasteiger charge is 2.06. The van der Waals surface area contributed by atoms with Crippen LogP contribution in [0.4, 0.5) is 4.39 Å². The second-order valence-corrected chi connectivity index (χ2v) is 2.80. The Morgan fingerprint density at radius 3 is 3.00 bits per heavy atom. The first kappa shape index (κ1) is 9.19. The summed E-state index contributed by atoms with van der Waals surface area (Å²) in [6.45, 7) is 2.12. The number of imidazole rings is 1. The number of aromatic nitrogens is 2. The third-order valence-corrected chi connectivity index (χ3v) is 1.68. The summed E-state index contributed by atoms with van der Waals surface area (Å²) in [7, 11) is 0. The molecule has 3 nitrogen and oxygen atoms in total. The summed E-state index contributed by atoms with van der Waals surface area (Å²) in [5.41, 5.74) is 6.29. The van der Waals surface area contributed by atoms with Crippen molar-refractivity contribution >= 4 is 0 Å². The SMILES string of the molecule is CC(F)c1ncc(CCCN)[nH]1. The number of aromatic amines is 1. The van der Waals surface area contributed by atoms with Crippen molar-refractivity contribution < 1.29 is 4.39 Å². The van der Waals surface area contributed by atoms with Gasteiger partial charge in [-0.2, -0.15) is 0 Å². The van der Waals surface area contributed by atoms with E-state index in [-0.39, 0.29) is 0 Å². The lowest BCUT2D eigenvalue weighted by atomic mass is 10.2. The van der Waals surface area contributed by atoms with Crippen molar-refractivity contribution in [3.63, 3.8) is 0 Å². The summed E-state index contributed by atoms with van der Waals surface area (Å²) in [5, 5.41) is 0. The molecular weight excluding hydrogens is 157 g/mol. The molecule has 0 aliphatic carbocycles. The second-order valence-electron chi connectivity index (χ2n) is 2.80. The smallest absolute Gasteiger partial charge is 0.155 e. The number of nitrogens with two attached hydrogens (primary N) is 1. The summed E-state index contributed by atoms with van der Waals surface area (Å²) in [6.07, 6.45) is 2.40. The molecule has 1 atom stereocenters. The fraction of sp³-hybridized carbons (Fsp3) is 0.625. The molecule has 0 saturated carbocycles. The van der Waals surface area contributed by atoms with E-state index < -0.39 is 6.17 Å². The zero-order valence-corrected chi connectivity index (χ0v) is 7.18. The zero-order chi connectivity index (χ0) is 8.97. The minimum absolute atomic E-state index is 0.405. The van der Waals surface area contributed by atoms with Crippen LogP contribution in [0, 0.1) is 0 Å². The maximum atomic E-state index is 12.7. The van der Waals surface area contributed by atoms with Crippen molar-refractivity contribution in [2.45, 2.75) is 25.9 Å². The number of aryl methyl sites for hydroxylation is 1. The van der Waals surface area contributed by atoms with Gasteiger partial charge in [0, 0.05) is 11.9 Å². The van der Waals surface area contributed by atoms with Crippen LogP contribution in [0.25, 0.3) is 0 Å². The average molecular weight is 171 g/mol. The molecule has 0 aliphatic heterocycles. The molecule has 0 aliphatic rings. The Hall–Kier alpha value is -0.900. The number of alkyl halides is 1. The van der Waals surface area contributed by atoms with Gasteiger partial charge >= 0.3 is 0 Å². The highest BCUT2D eigenvalue weighted by Crippen LogP contribution is 2.12. The molecule has 0 radical (unpaired) electrons. The van der Waals surface area contributed by atoms with Crippen LogP contribution < -0.4 is 5.73 Å². The third kappa shape index (κ3) is 2.30. The van der Waals surface area contributed by atoms with Gasteiger partial charge in [0.15, 0.2) is 6.17 Å². The van der Waals surface area contributed by atoms with Gasteiger partial charge in [-0.3, -0.25) is 0 Å². The lowest BCUT2D eigenvalue weighted by Gasteiger charge is -1.95. The molecule has 0 amide bonds. The van der Waals surface area contributed by atoms with Gasteiger partial charge in [-0.25, -0.2) is 9.37 Å². The third-order valence-electron chi connectivity index (χ3n) is 1.68. The molecule has 0 fully saturated rings. The second kappa shape index (κ2) is 4.21. The standard InChI is InChI=1S/C8H14FN3/c1-6(9)8-11-5-7(12-8)3-2-4-10/h5-6H,2-4,10H2,1H3,(H,11,12). The van der Waals surface area contributed by atoms with Gasteiger partial charge in [0.25, 0.3) is 0 Å². The average Bonchev–Trinajstić information content (AvgIpc) is 2.48. The van der Waals surface area contributed by atoms with Crippen molar-refractivity contribution in [1.82, 2.24) is 9.97 Å². The number of nitrogens with one attached hydrogen (secondary N) is 1. The Kier molecular flexibility index (Phi) is 3.22. The molecule has 0 bridgehead atoms. The minimum atomic E-state index is -1.02. The topological polar surface area (TPSA) is 54.7 Å². The number of hydrogen-bond acceptors (Lipinski definition) is 2. The molecule has 1 unspecified atom stereocenters. The van der Waals surface area contributed by atoms with E-state index in [0.717, 1.165) is 18.5 Å². The number of halogens is 1. The first-order valence-corrected chi connectivity index (χ1v) is 4.12. The summed E-state index contributed by atoms with van der Waals surface area (Å²) in [6, 6.07) is 0. The lowest BCUT2D eigenvalue weighted by Crippen LogP contribution is -2.00. The van der Waals surface area contributed by atoms with E-state index in [0.29, 0.717) is 12.4 Å². The predicted molar refractivity (Wildman–Crippen MR) is 45.5 cm³/mol. The molecule has 1 aromatic heterocycles. The normalized spacial score (nSPS) is 13.2. The van der Waals surface area contributed by atoms with Crippen molar-refractivity contribution in [2.24, 2.45) is 5.73 Å². The Labute approximate surface area is 71.2 Å². The first-order chi connectivity index (χ1) is 5.74. The van der Waals surface area contributed by atoms with Crippen LogP contribution in [0.5, 0.6) is 0 Å². The van der Waals surface area contributed by atoms with E-state index in [2.05, 4.69) is 9.97 Å². The minimum Gasteiger partial charge on any atom is -0.343 e. The largest absolute Gasteiger partial charge is 0.343 e. The molecule has 0 saturated heterocycles. The molecule has 68 valence electrons. The number of nitrogens with zero attached hydrogens (tertiary/aromatic N) is 1. The first-order valence-electron chi connectivity index (χ1n) is 4.12. The Morgan fingerprint density at radius 2 is 2.50 bits per heavy atom. The maximum absolute atomic E-state index is 12.7. The molecular formula is C8H14FN3. The van der Waals surface area contributed by atoms with Crippen molar-refractivity contribution in [1.29, 1.82) is 0 Å². The van der Waals surface area contributed by atoms with E-state index in [1.54, 1.807) is 6.20 Å². The number of rotatable bonds is 4. The van der Waals surface area contributed by atoms with Gasteiger partial charge in [-0.15, -0.1) is 0 Å². The Morgan fingerprint density at radius 1 is 1.75 bits per heavy atom. The van der Waals surface area contributed by atoms with Crippen molar-refractivity contribution in [3.05, 3.63) is 17.7 Å². The summed E-state index contributed by atoms with van der Waals surface area (Å²) < 4.78 is 12.7. The molecule has 0 spiro atoms. The van der Waals surface area contributed by atoms with Gasteiger partial charge in [0.2, 0.25) is 0 Å². The van der Waals surface area contributed by atoms with Crippen LogP contribution in [-0.2, 0) is 6.42 Å². The van der Waals surface area contributed by atoms with Gasteiger partial charge < -0.3 is 10.7 Å². The van der Waals surface area contributed by atoms with Gasteiger partial charge in [-0.1, -0.05) is 0 Å². The van der Waals surface area contributed by atoms with Crippen molar-refractivity contribution in [3.8, 4) is 0 Å². The highest BCUT2D eigenvalue weighted by atomic mass is 19.1. The Bertz CT molecular complexity index is 232.